The number of aliphatic hydroxyl groups excluding tert-OH is 7. The molecule has 2 aliphatic heterocycles. The van der Waals surface area contributed by atoms with Crippen LogP contribution in [0, 0.1) is 0 Å². The number of carbonyl (C=O) groups excluding carboxylic acids is 2. The van der Waals surface area contributed by atoms with Gasteiger partial charge in [0.2, 0.25) is 0 Å². The Morgan fingerprint density at radius 2 is 0.900 bits per heavy atom. The zero-order valence-electron chi connectivity index (χ0n) is 42.7. The number of esters is 2. The van der Waals surface area contributed by atoms with Crippen LogP contribution in [0.4, 0.5) is 0 Å². The van der Waals surface area contributed by atoms with Gasteiger partial charge in [-0.1, -0.05) is 152 Å². The summed E-state index contributed by atoms with van der Waals surface area (Å²) < 4.78 is 33.6. The van der Waals surface area contributed by atoms with E-state index in [1.165, 1.54) is 38.5 Å². The number of aliphatic hydroxyl groups is 7. The molecule has 2 aliphatic rings. The van der Waals surface area contributed by atoms with Gasteiger partial charge in [-0.3, -0.25) is 9.59 Å². The van der Waals surface area contributed by atoms with Crippen LogP contribution in [0.25, 0.3) is 0 Å². The molecule has 0 bridgehead atoms. The second kappa shape index (κ2) is 41.6. The molecule has 11 atom stereocenters. The lowest BCUT2D eigenvalue weighted by atomic mass is 9.98. The smallest absolute Gasteiger partial charge is 0.306 e. The van der Waals surface area contributed by atoms with Crippen molar-refractivity contribution in [1.82, 2.24) is 0 Å². The molecule has 2 saturated heterocycles. The Morgan fingerprint density at radius 1 is 0.471 bits per heavy atom. The van der Waals surface area contributed by atoms with E-state index in [4.69, 9.17) is 28.4 Å². The Bertz CT molecular complexity index is 1450. The lowest BCUT2D eigenvalue weighted by Crippen LogP contribution is -2.61. The monoisotopic (exact) mass is 995 g/mol. The SMILES string of the molecule is CC/C=C\C/C=C\C/C=C\CCCCCCCCCC(=O)OC(COC(=O)CCCCCCCCC/C=C\C/C=C\CCCCC)COC1OC(COC2OC(CO)C(O)C(O)C2O)C(O)C(O)C1O. The van der Waals surface area contributed by atoms with Crippen molar-refractivity contribution < 1.29 is 73.8 Å². The third kappa shape index (κ3) is 29.0. The van der Waals surface area contributed by atoms with Crippen molar-refractivity contribution in [2.45, 2.75) is 248 Å². The maximum atomic E-state index is 13.0. The number of unbranched alkanes of at least 4 members (excludes halogenated alkanes) is 17. The Hall–Kier alpha value is -2.80. The average molecular weight is 995 g/mol. The largest absolute Gasteiger partial charge is 0.462 e. The van der Waals surface area contributed by atoms with Gasteiger partial charge in [0.15, 0.2) is 18.7 Å². The molecule has 0 radical (unpaired) electrons. The maximum Gasteiger partial charge on any atom is 0.306 e. The minimum atomic E-state index is -1.77. The number of hydrogen-bond donors (Lipinski definition) is 7. The van der Waals surface area contributed by atoms with Crippen LogP contribution < -0.4 is 0 Å². The van der Waals surface area contributed by atoms with E-state index in [0.29, 0.717) is 12.8 Å². The van der Waals surface area contributed by atoms with Gasteiger partial charge in [0.1, 0.15) is 55.4 Å². The van der Waals surface area contributed by atoms with Gasteiger partial charge in [-0.05, 0) is 77.0 Å². The molecule has 0 saturated carbocycles. The Labute approximate surface area is 420 Å². The highest BCUT2D eigenvalue weighted by molar-refractivity contribution is 5.70. The molecule has 0 aliphatic carbocycles. The fraction of sp³-hybridized carbons (Fsp3) is 0.782. The summed E-state index contributed by atoms with van der Waals surface area (Å²) in [4.78, 5) is 25.8. The lowest BCUT2D eigenvalue weighted by molar-refractivity contribution is -0.332. The summed E-state index contributed by atoms with van der Waals surface area (Å²) >= 11 is 0. The minimum absolute atomic E-state index is 0.150. The first-order valence-electron chi connectivity index (χ1n) is 26.9. The summed E-state index contributed by atoms with van der Waals surface area (Å²) in [5.41, 5.74) is 0. The molecule has 2 rings (SSSR count). The molecule has 404 valence electrons. The Morgan fingerprint density at radius 3 is 1.41 bits per heavy atom. The first-order chi connectivity index (χ1) is 34.0. The van der Waals surface area contributed by atoms with Crippen LogP contribution in [0.5, 0.6) is 0 Å². The molecule has 0 spiro atoms. The van der Waals surface area contributed by atoms with Crippen molar-refractivity contribution >= 4 is 11.9 Å². The number of ether oxygens (including phenoxy) is 6. The molecule has 70 heavy (non-hydrogen) atoms. The topological polar surface area (TPSA) is 231 Å². The molecule has 15 nitrogen and oxygen atoms in total. The molecule has 15 heteroatoms. The standard InChI is InChI=1S/C55H94O15/c1-3-5-7-9-11-13-15-17-19-21-23-25-27-29-31-33-35-37-46(57)65-40-43(68-47(58)38-36-34-32-30-28-26-24-22-20-18-16-14-12-10-8-6-4-2)41-66-54-53(64)51(62)49(60)45(70-54)42-67-55-52(63)50(61)48(59)44(39-56)69-55/h6,8,11-14,17-20,43-45,48-56,59-64H,3-5,7,9-10,15-16,21-42H2,1-2H3/b8-6-,13-11-,14-12-,19-17-,20-18-. The summed E-state index contributed by atoms with van der Waals surface area (Å²) in [6, 6.07) is 0. The van der Waals surface area contributed by atoms with Crippen LogP contribution in [0.3, 0.4) is 0 Å². The fourth-order valence-electron chi connectivity index (χ4n) is 8.08. The van der Waals surface area contributed by atoms with Gasteiger partial charge in [0.05, 0.1) is 19.8 Å². The second-order valence-corrected chi connectivity index (χ2v) is 18.7. The Kier molecular flexibility index (Phi) is 37.7. The molecule has 11 unspecified atom stereocenters. The van der Waals surface area contributed by atoms with Gasteiger partial charge < -0.3 is 64.2 Å². The number of rotatable bonds is 41. The number of hydrogen-bond acceptors (Lipinski definition) is 15. The van der Waals surface area contributed by atoms with E-state index in [9.17, 15) is 45.3 Å². The zero-order chi connectivity index (χ0) is 51.0. The molecule has 0 aromatic heterocycles. The highest BCUT2D eigenvalue weighted by atomic mass is 16.7. The van der Waals surface area contributed by atoms with Gasteiger partial charge in [-0.2, -0.15) is 0 Å². The molecule has 7 N–H and O–H groups in total. The van der Waals surface area contributed by atoms with E-state index >= 15 is 0 Å². The van der Waals surface area contributed by atoms with Gasteiger partial charge in [-0.15, -0.1) is 0 Å². The third-order valence-corrected chi connectivity index (χ3v) is 12.5. The second-order valence-electron chi connectivity index (χ2n) is 18.7. The van der Waals surface area contributed by atoms with Crippen molar-refractivity contribution in [2.75, 3.05) is 26.4 Å². The summed E-state index contributed by atoms with van der Waals surface area (Å²) in [6.07, 6.45) is 30.9. The van der Waals surface area contributed by atoms with Crippen molar-refractivity contribution in [2.24, 2.45) is 0 Å². The van der Waals surface area contributed by atoms with Crippen LogP contribution in [0.1, 0.15) is 181 Å². The average Bonchev–Trinajstić information content (AvgIpc) is 3.35. The summed E-state index contributed by atoms with van der Waals surface area (Å²) in [7, 11) is 0. The molecule has 2 fully saturated rings. The van der Waals surface area contributed by atoms with Gasteiger partial charge in [0, 0.05) is 12.8 Å². The van der Waals surface area contributed by atoms with E-state index in [0.717, 1.165) is 103 Å². The van der Waals surface area contributed by atoms with Crippen LogP contribution in [-0.2, 0) is 38.0 Å². The van der Waals surface area contributed by atoms with Crippen molar-refractivity contribution in [1.29, 1.82) is 0 Å². The highest BCUT2D eigenvalue weighted by Gasteiger charge is 2.47. The van der Waals surface area contributed by atoms with E-state index in [2.05, 4.69) is 74.6 Å². The summed E-state index contributed by atoms with van der Waals surface area (Å²) in [5.74, 6) is -0.947. The lowest BCUT2D eigenvalue weighted by Gasteiger charge is -2.42. The first kappa shape index (κ1) is 63.3. The van der Waals surface area contributed by atoms with Crippen molar-refractivity contribution in [3.8, 4) is 0 Å². The maximum absolute atomic E-state index is 13.0. The molecular formula is C55H94O15. The third-order valence-electron chi connectivity index (χ3n) is 12.5. The highest BCUT2D eigenvalue weighted by Crippen LogP contribution is 2.26. The molecule has 0 aromatic rings. The van der Waals surface area contributed by atoms with Gasteiger partial charge in [-0.25, -0.2) is 0 Å². The van der Waals surface area contributed by atoms with Crippen LogP contribution >= 0.6 is 0 Å². The molecule has 2 heterocycles. The normalized spacial score (nSPS) is 25.8. The van der Waals surface area contributed by atoms with Crippen LogP contribution in [-0.4, -0.2) is 142 Å². The van der Waals surface area contributed by atoms with E-state index in [1.54, 1.807) is 0 Å². The first-order valence-corrected chi connectivity index (χ1v) is 26.9. The minimum Gasteiger partial charge on any atom is -0.462 e. The van der Waals surface area contributed by atoms with E-state index in [1.807, 2.05) is 0 Å². The fourth-order valence-corrected chi connectivity index (χ4v) is 8.08. The van der Waals surface area contributed by atoms with Gasteiger partial charge in [0.25, 0.3) is 0 Å². The quantitative estimate of drug-likeness (QED) is 0.0175. The van der Waals surface area contributed by atoms with Crippen molar-refractivity contribution in [3.63, 3.8) is 0 Å². The predicted molar refractivity (Wildman–Crippen MR) is 270 cm³/mol. The summed E-state index contributed by atoms with van der Waals surface area (Å²) in [5, 5.41) is 72.2. The van der Waals surface area contributed by atoms with E-state index in [-0.39, 0.29) is 19.4 Å². The zero-order valence-corrected chi connectivity index (χ0v) is 42.7. The van der Waals surface area contributed by atoms with Gasteiger partial charge >= 0.3 is 11.9 Å². The van der Waals surface area contributed by atoms with Crippen molar-refractivity contribution in [3.05, 3.63) is 60.8 Å². The molecule has 0 amide bonds. The summed E-state index contributed by atoms with van der Waals surface area (Å²) in [6.45, 7) is 2.44. The number of carbonyl (C=O) groups is 2. The molecule has 0 aromatic carbocycles. The molecular weight excluding hydrogens is 901 g/mol. The van der Waals surface area contributed by atoms with Crippen LogP contribution in [0.2, 0.25) is 0 Å². The Balaban J connectivity index is 1.80. The van der Waals surface area contributed by atoms with E-state index < -0.39 is 99.3 Å². The van der Waals surface area contributed by atoms with Crippen LogP contribution in [0.15, 0.2) is 60.8 Å². The predicted octanol–water partition coefficient (Wildman–Crippen LogP) is 8.05. The number of allylic oxidation sites excluding steroid dienone is 10.